The van der Waals surface area contributed by atoms with E-state index in [4.69, 9.17) is 14.7 Å². The lowest BCUT2D eigenvalue weighted by molar-refractivity contribution is 0.0587. The van der Waals surface area contributed by atoms with Gasteiger partial charge in [0.15, 0.2) is 5.82 Å². The van der Waals surface area contributed by atoms with Crippen molar-refractivity contribution in [1.82, 2.24) is 9.97 Å². The van der Waals surface area contributed by atoms with Crippen LogP contribution >= 0.6 is 0 Å². The van der Waals surface area contributed by atoms with Gasteiger partial charge in [-0.2, -0.15) is 5.26 Å². The molecule has 1 fully saturated rings. The Hall–Kier alpha value is -5.27. The van der Waals surface area contributed by atoms with Crippen LogP contribution in [0.5, 0.6) is 5.75 Å². The number of aromatic nitrogens is 2. The Morgan fingerprint density at radius 2 is 1.52 bits per heavy atom. The third-order valence-electron chi connectivity index (χ3n) is 17.6. The van der Waals surface area contributed by atoms with Gasteiger partial charge in [0.05, 0.1) is 23.4 Å². The molecule has 4 nitrogen and oxygen atoms in total. The number of hydrogen-bond acceptors (Lipinski definition) is 4. The van der Waals surface area contributed by atoms with Crippen LogP contribution in [-0.2, 0) is 5.41 Å². The quantitative estimate of drug-likeness (QED) is 0.272. The standard InChI is InChI=1S/C60H63N3O/c61-38-39-24-26-40(27-25-39)46-32-34-48-49-35-33-47(37-53(49)60(52(48)36-46)50-20-10-12-22-54(50)64-55-23-13-11-21-51(55)60)41-28-30-44(31-29-41)58-56(42-14-4-1-5-15-42)57(43-16-6-2-7-17-43)62-59(63-58)45-18-8-3-9-19-45/h1-4,6,8,10-14,18,20-24,26,28,32,34,39-40,43-44,46-47,49-50,53-54H,5,7,9,15-17,19,25,27,29-31,33,35-37H2. The zero-order valence-electron chi connectivity index (χ0n) is 37.5. The second-order valence-corrected chi connectivity index (χ2v) is 20.7. The molecule has 0 saturated heterocycles. The number of allylic oxidation sites excluding steroid dienone is 20. The number of nitrogens with zero attached hydrogens (tertiary/aromatic N) is 3. The number of benzene rings is 1. The maximum Gasteiger partial charge on any atom is 0.155 e. The largest absolute Gasteiger partial charge is 0.485 e. The maximum atomic E-state index is 9.68. The van der Waals surface area contributed by atoms with Crippen LogP contribution in [0.3, 0.4) is 0 Å². The van der Waals surface area contributed by atoms with Crippen molar-refractivity contribution in [2.75, 3.05) is 0 Å². The summed E-state index contributed by atoms with van der Waals surface area (Å²) in [6.45, 7) is 0. The van der Waals surface area contributed by atoms with Crippen LogP contribution in [0.15, 0.2) is 144 Å². The van der Waals surface area contributed by atoms with E-state index in [9.17, 15) is 5.26 Å². The summed E-state index contributed by atoms with van der Waals surface area (Å²) in [5.74, 6) is 5.87. The Bertz CT molecular complexity index is 2600. The smallest absolute Gasteiger partial charge is 0.155 e. The number of rotatable bonds is 6. The molecule has 0 amide bonds. The second-order valence-electron chi connectivity index (χ2n) is 20.7. The van der Waals surface area contributed by atoms with Gasteiger partial charge < -0.3 is 4.74 Å². The molecule has 1 spiro atoms. The van der Waals surface area contributed by atoms with Crippen molar-refractivity contribution in [2.24, 2.45) is 41.4 Å². The van der Waals surface area contributed by atoms with Gasteiger partial charge in [0.1, 0.15) is 11.9 Å². The molecule has 11 atom stereocenters. The Morgan fingerprint density at radius 1 is 0.688 bits per heavy atom. The van der Waals surface area contributed by atoms with Crippen LogP contribution in [0.4, 0.5) is 0 Å². The van der Waals surface area contributed by atoms with Gasteiger partial charge in [0.25, 0.3) is 0 Å². The lowest BCUT2D eigenvalue weighted by Gasteiger charge is -2.54. The van der Waals surface area contributed by atoms with Gasteiger partial charge in [0.2, 0.25) is 0 Å². The number of hydrogen-bond donors (Lipinski definition) is 0. The van der Waals surface area contributed by atoms with Crippen LogP contribution in [0, 0.1) is 52.8 Å². The Labute approximate surface area is 381 Å². The van der Waals surface area contributed by atoms with E-state index in [-0.39, 0.29) is 23.4 Å². The van der Waals surface area contributed by atoms with Gasteiger partial charge in [-0.1, -0.05) is 127 Å². The minimum absolute atomic E-state index is 0.0365. The highest BCUT2D eigenvalue weighted by Crippen LogP contribution is 2.68. The lowest BCUT2D eigenvalue weighted by Crippen LogP contribution is -2.53. The molecule has 1 aliphatic heterocycles. The van der Waals surface area contributed by atoms with E-state index in [1.807, 2.05) is 0 Å². The first-order valence-electron chi connectivity index (χ1n) is 25.3. The van der Waals surface area contributed by atoms with Crippen molar-refractivity contribution >= 4 is 11.1 Å². The Morgan fingerprint density at radius 3 is 2.27 bits per heavy atom. The minimum Gasteiger partial charge on any atom is -0.485 e. The van der Waals surface area contributed by atoms with E-state index in [1.54, 1.807) is 16.7 Å². The maximum absolute atomic E-state index is 9.68. The SMILES string of the molecule is N#CC1C=CC(C2C=CC3=C(C2)C2(c4ccccc4OC4C=CC=CC42)C2CC(C4=CCC(c5nc(C6=CC=CCC6)nc(C6CC=CCC6)c5C5=CC=CCC5)CC4)CCC32)CC1. The van der Waals surface area contributed by atoms with Gasteiger partial charge >= 0.3 is 0 Å². The highest BCUT2D eigenvalue weighted by Gasteiger charge is 2.63. The van der Waals surface area contributed by atoms with Crippen LogP contribution in [0.2, 0.25) is 0 Å². The summed E-state index contributed by atoms with van der Waals surface area (Å²) in [7, 11) is 0. The Balaban J connectivity index is 0.896. The molecule has 12 rings (SSSR count). The van der Waals surface area contributed by atoms with Crippen LogP contribution < -0.4 is 4.74 Å². The van der Waals surface area contributed by atoms with Crippen molar-refractivity contribution in [1.29, 1.82) is 5.26 Å². The van der Waals surface area contributed by atoms with Crippen molar-refractivity contribution < 1.29 is 4.74 Å². The van der Waals surface area contributed by atoms with Crippen molar-refractivity contribution in [3.63, 3.8) is 0 Å². The molecular weight excluding hydrogens is 779 g/mol. The molecule has 64 heavy (non-hydrogen) atoms. The van der Waals surface area contributed by atoms with E-state index < -0.39 is 0 Å². The van der Waals surface area contributed by atoms with E-state index in [0.717, 1.165) is 88.6 Å². The molecule has 11 unspecified atom stereocenters. The Kier molecular flexibility index (Phi) is 10.7. The van der Waals surface area contributed by atoms with E-state index in [1.165, 1.54) is 59.3 Å². The zero-order chi connectivity index (χ0) is 42.6. The van der Waals surface area contributed by atoms with E-state index in [0.29, 0.717) is 41.4 Å². The molecule has 1 aromatic carbocycles. The summed E-state index contributed by atoms with van der Waals surface area (Å²) in [5.41, 5.74) is 13.2. The molecule has 2 heterocycles. The van der Waals surface area contributed by atoms with Gasteiger partial charge in [0, 0.05) is 34.3 Å². The summed E-state index contributed by atoms with van der Waals surface area (Å²) < 4.78 is 6.93. The summed E-state index contributed by atoms with van der Waals surface area (Å²) in [5, 5.41) is 9.68. The van der Waals surface area contributed by atoms with E-state index in [2.05, 4.69) is 134 Å². The summed E-state index contributed by atoms with van der Waals surface area (Å²) in [6, 6.07) is 11.7. The summed E-state index contributed by atoms with van der Waals surface area (Å²) in [4.78, 5) is 11.2. The van der Waals surface area contributed by atoms with Crippen molar-refractivity contribution in [3.05, 3.63) is 173 Å². The topological polar surface area (TPSA) is 58.8 Å². The second kappa shape index (κ2) is 16.9. The van der Waals surface area contributed by atoms with Crippen LogP contribution in [0.1, 0.15) is 143 Å². The molecule has 9 aliphatic carbocycles. The first kappa shape index (κ1) is 40.3. The molecular formula is C60H63N3O. The minimum atomic E-state index is -0.101. The van der Waals surface area contributed by atoms with Crippen LogP contribution in [-0.4, -0.2) is 16.1 Å². The fraction of sp³-hybridized carbons (Fsp3) is 0.450. The van der Waals surface area contributed by atoms with Crippen molar-refractivity contribution in [3.8, 4) is 11.8 Å². The number of ether oxygens (including phenoxy) is 1. The molecule has 0 N–H and O–H groups in total. The normalized spacial score (nSPS) is 35.7. The van der Waals surface area contributed by atoms with Gasteiger partial charge in [-0.05, 0) is 161 Å². The molecule has 1 saturated carbocycles. The molecule has 4 heteroatoms. The summed E-state index contributed by atoms with van der Waals surface area (Å²) >= 11 is 0. The summed E-state index contributed by atoms with van der Waals surface area (Å²) in [6.07, 6.45) is 58.4. The average molecular weight is 842 g/mol. The lowest BCUT2D eigenvalue weighted by atomic mass is 9.52. The first-order valence-corrected chi connectivity index (χ1v) is 25.3. The molecule has 2 aromatic rings. The highest BCUT2D eigenvalue weighted by molar-refractivity contribution is 5.74. The molecule has 10 aliphatic rings. The first-order chi connectivity index (χ1) is 31.7. The molecule has 0 radical (unpaired) electrons. The molecule has 1 aromatic heterocycles. The fourth-order valence-electron chi connectivity index (χ4n) is 14.5. The highest BCUT2D eigenvalue weighted by atomic mass is 16.5. The van der Waals surface area contributed by atoms with E-state index >= 15 is 0 Å². The number of nitriles is 1. The van der Waals surface area contributed by atoms with Gasteiger partial charge in [-0.15, -0.1) is 0 Å². The predicted octanol–water partition coefficient (Wildman–Crippen LogP) is 14.4. The van der Waals surface area contributed by atoms with Crippen LogP contribution in [0.25, 0.3) is 11.1 Å². The molecule has 324 valence electrons. The average Bonchev–Trinajstić information content (AvgIpc) is 3.66. The zero-order valence-corrected chi connectivity index (χ0v) is 37.5. The van der Waals surface area contributed by atoms with Crippen molar-refractivity contribution in [2.45, 2.75) is 126 Å². The molecule has 0 bridgehead atoms. The number of fused-ring (bicyclic) bond motifs is 8. The van der Waals surface area contributed by atoms with Gasteiger partial charge in [-0.3, -0.25) is 0 Å². The third kappa shape index (κ3) is 6.82. The monoisotopic (exact) mass is 841 g/mol. The third-order valence-corrected chi connectivity index (χ3v) is 17.6. The predicted molar refractivity (Wildman–Crippen MR) is 259 cm³/mol. The number of para-hydroxylation sites is 1. The van der Waals surface area contributed by atoms with Gasteiger partial charge in [-0.25, -0.2) is 9.97 Å². The fourth-order valence-corrected chi connectivity index (χ4v) is 14.5.